The molecule has 6 nitrogen and oxygen atoms in total. The molecule has 0 radical (unpaired) electrons. The van der Waals surface area contributed by atoms with Gasteiger partial charge in [-0.05, 0) is 89.6 Å². The van der Waals surface area contributed by atoms with E-state index in [1.165, 1.54) is 0 Å². The first-order valence-corrected chi connectivity index (χ1v) is 12.9. The standard InChI is InChI=1S/C26H24ClIN2O4/c1-2-33-21-12-16(11-20(28)24(21)34-14-15-3-9-19(27)10-4-15)13-29-30-25(31)22-17-5-6-18(8-7-17)23(22)26(30)32/h3-6,9-13,17-18,22-23H,2,7-8,14H2,1H3/b29-13-/t17-,18+,22-,23-/m0/s1. The van der Waals surface area contributed by atoms with Gasteiger partial charge in [0.1, 0.15) is 6.61 Å². The summed E-state index contributed by atoms with van der Waals surface area (Å²) in [5.74, 6) is 0.605. The highest BCUT2D eigenvalue weighted by atomic mass is 127. The van der Waals surface area contributed by atoms with Crippen molar-refractivity contribution in [1.29, 1.82) is 0 Å². The van der Waals surface area contributed by atoms with E-state index in [0.717, 1.165) is 32.5 Å². The van der Waals surface area contributed by atoms with Crippen LogP contribution in [0.4, 0.5) is 0 Å². The highest BCUT2D eigenvalue weighted by molar-refractivity contribution is 14.1. The van der Waals surface area contributed by atoms with E-state index in [9.17, 15) is 9.59 Å². The molecule has 0 aromatic heterocycles. The van der Waals surface area contributed by atoms with Crippen LogP contribution < -0.4 is 9.47 Å². The largest absolute Gasteiger partial charge is 0.490 e. The van der Waals surface area contributed by atoms with Crippen molar-refractivity contribution in [3.05, 3.63) is 68.3 Å². The Morgan fingerprint density at radius 3 is 2.29 bits per heavy atom. The smallest absolute Gasteiger partial charge is 0.254 e. The minimum Gasteiger partial charge on any atom is -0.490 e. The van der Waals surface area contributed by atoms with Gasteiger partial charge >= 0.3 is 0 Å². The van der Waals surface area contributed by atoms with Crippen LogP contribution in [0.25, 0.3) is 0 Å². The molecule has 1 saturated heterocycles. The Hall–Kier alpha value is -2.39. The number of hydrogen-bond acceptors (Lipinski definition) is 5. The van der Waals surface area contributed by atoms with E-state index in [1.807, 2.05) is 43.3 Å². The molecule has 2 bridgehead atoms. The SMILES string of the molecule is CCOc1cc(/C=N\N2C(=O)[C@@H]3[C@@H](C2=O)[C@H]2C=C[C@@H]3CC2)cc(I)c1OCc1ccc(Cl)cc1. The van der Waals surface area contributed by atoms with Gasteiger partial charge < -0.3 is 9.47 Å². The molecule has 4 atom stereocenters. The molecule has 4 aliphatic rings. The van der Waals surface area contributed by atoms with Crippen molar-refractivity contribution in [1.82, 2.24) is 5.01 Å². The van der Waals surface area contributed by atoms with Gasteiger partial charge in [-0.3, -0.25) is 9.59 Å². The van der Waals surface area contributed by atoms with Crippen molar-refractivity contribution in [3.63, 3.8) is 0 Å². The van der Waals surface area contributed by atoms with Crippen LogP contribution in [0.15, 0.2) is 53.7 Å². The fourth-order valence-electron chi connectivity index (χ4n) is 5.10. The Labute approximate surface area is 217 Å². The first kappa shape index (κ1) is 23.4. The van der Waals surface area contributed by atoms with E-state index in [4.69, 9.17) is 21.1 Å². The molecule has 1 heterocycles. The van der Waals surface area contributed by atoms with Crippen molar-refractivity contribution >= 4 is 52.2 Å². The molecule has 2 aromatic rings. The molecular weight excluding hydrogens is 567 g/mol. The molecule has 0 N–H and O–H groups in total. The topological polar surface area (TPSA) is 68.2 Å². The van der Waals surface area contributed by atoms with E-state index < -0.39 is 0 Å². The summed E-state index contributed by atoms with van der Waals surface area (Å²) in [5.41, 5.74) is 1.72. The third-order valence-electron chi connectivity index (χ3n) is 6.69. The zero-order valence-corrected chi connectivity index (χ0v) is 21.5. The Kier molecular flexibility index (Phi) is 6.66. The number of benzene rings is 2. The normalized spacial score (nSPS) is 25.3. The van der Waals surface area contributed by atoms with Crippen LogP contribution >= 0.6 is 34.2 Å². The molecule has 34 heavy (non-hydrogen) atoms. The number of rotatable bonds is 7. The number of fused-ring (bicyclic) bond motifs is 1. The van der Waals surface area contributed by atoms with Crippen LogP contribution in [0, 0.1) is 27.2 Å². The van der Waals surface area contributed by atoms with Gasteiger partial charge in [0.25, 0.3) is 11.8 Å². The predicted molar refractivity (Wildman–Crippen MR) is 138 cm³/mol. The Bertz CT molecular complexity index is 1150. The van der Waals surface area contributed by atoms with Crippen LogP contribution in [0.3, 0.4) is 0 Å². The summed E-state index contributed by atoms with van der Waals surface area (Å²) < 4.78 is 12.7. The molecule has 2 amide bonds. The van der Waals surface area contributed by atoms with Gasteiger partial charge in [0.2, 0.25) is 0 Å². The molecule has 0 spiro atoms. The second-order valence-corrected chi connectivity index (χ2v) is 10.4. The summed E-state index contributed by atoms with van der Waals surface area (Å²) in [6.45, 7) is 2.75. The lowest BCUT2D eigenvalue weighted by molar-refractivity contribution is -0.140. The molecule has 1 saturated carbocycles. The van der Waals surface area contributed by atoms with E-state index in [0.29, 0.717) is 29.7 Å². The van der Waals surface area contributed by atoms with Crippen LogP contribution in [0.5, 0.6) is 11.5 Å². The number of allylic oxidation sites excluding steroid dienone is 2. The van der Waals surface area contributed by atoms with Crippen molar-refractivity contribution in [2.75, 3.05) is 6.61 Å². The summed E-state index contributed by atoms with van der Waals surface area (Å²) in [7, 11) is 0. The van der Waals surface area contributed by atoms with E-state index >= 15 is 0 Å². The lowest BCUT2D eigenvalue weighted by Crippen LogP contribution is -2.38. The van der Waals surface area contributed by atoms with Crippen LogP contribution in [-0.4, -0.2) is 29.6 Å². The van der Waals surface area contributed by atoms with Crippen molar-refractivity contribution in [2.24, 2.45) is 28.8 Å². The first-order valence-electron chi connectivity index (χ1n) is 11.4. The number of hydrogen-bond donors (Lipinski definition) is 0. The molecule has 0 unspecified atom stereocenters. The molecule has 6 rings (SSSR count). The maximum absolute atomic E-state index is 13.0. The van der Waals surface area contributed by atoms with Crippen LogP contribution in [0.1, 0.15) is 30.9 Å². The van der Waals surface area contributed by atoms with Crippen LogP contribution in [0.2, 0.25) is 5.02 Å². The molecule has 3 aliphatic carbocycles. The summed E-state index contributed by atoms with van der Waals surface area (Å²) >= 11 is 8.15. The van der Waals surface area contributed by atoms with Crippen molar-refractivity contribution in [2.45, 2.75) is 26.4 Å². The molecule has 176 valence electrons. The number of halogens is 2. The van der Waals surface area contributed by atoms with Gasteiger partial charge in [-0.1, -0.05) is 35.9 Å². The summed E-state index contributed by atoms with van der Waals surface area (Å²) in [6.07, 6.45) is 7.69. The van der Waals surface area contributed by atoms with Crippen molar-refractivity contribution in [3.8, 4) is 11.5 Å². The first-order chi connectivity index (χ1) is 16.5. The van der Waals surface area contributed by atoms with Gasteiger partial charge in [0.05, 0.1) is 28.2 Å². The fourth-order valence-corrected chi connectivity index (χ4v) is 6.01. The summed E-state index contributed by atoms with van der Waals surface area (Å²) in [6, 6.07) is 11.2. The number of amides is 2. The molecular formula is C26H24ClIN2O4. The minimum atomic E-state index is -0.267. The van der Waals surface area contributed by atoms with Gasteiger partial charge in [0.15, 0.2) is 11.5 Å². The number of nitrogens with zero attached hydrogens (tertiary/aromatic N) is 2. The second kappa shape index (κ2) is 9.70. The average molecular weight is 591 g/mol. The number of hydrazone groups is 1. The second-order valence-electron chi connectivity index (χ2n) is 8.75. The summed E-state index contributed by atoms with van der Waals surface area (Å²) in [4.78, 5) is 26.0. The Morgan fingerprint density at radius 1 is 1.06 bits per heavy atom. The van der Waals surface area contributed by atoms with Gasteiger partial charge in [-0.25, -0.2) is 0 Å². The maximum Gasteiger partial charge on any atom is 0.254 e. The monoisotopic (exact) mass is 590 g/mol. The lowest BCUT2D eigenvalue weighted by atomic mass is 9.63. The fraction of sp³-hybridized carbons (Fsp3) is 0.346. The highest BCUT2D eigenvalue weighted by Crippen LogP contribution is 2.49. The zero-order chi connectivity index (χ0) is 23.8. The lowest BCUT2D eigenvalue weighted by Gasteiger charge is -2.37. The number of carbonyl (C=O) groups is 2. The zero-order valence-electron chi connectivity index (χ0n) is 18.6. The summed E-state index contributed by atoms with van der Waals surface area (Å²) in [5, 5.41) is 6.07. The number of ether oxygens (including phenoxy) is 2. The van der Waals surface area contributed by atoms with Gasteiger partial charge in [-0.2, -0.15) is 10.1 Å². The third-order valence-corrected chi connectivity index (χ3v) is 7.74. The van der Waals surface area contributed by atoms with E-state index in [2.05, 4.69) is 39.8 Å². The molecule has 1 aliphatic heterocycles. The molecule has 2 aromatic carbocycles. The van der Waals surface area contributed by atoms with Crippen molar-refractivity contribution < 1.29 is 19.1 Å². The van der Waals surface area contributed by atoms with E-state index in [1.54, 1.807) is 6.21 Å². The predicted octanol–water partition coefficient (Wildman–Crippen LogP) is 5.45. The third kappa shape index (κ3) is 4.35. The molecule has 2 fully saturated rings. The Morgan fingerprint density at radius 2 is 1.71 bits per heavy atom. The van der Waals surface area contributed by atoms with Gasteiger partial charge in [0, 0.05) is 5.02 Å². The Balaban J connectivity index is 1.35. The number of carbonyl (C=O) groups excluding carboxylic acids is 2. The highest BCUT2D eigenvalue weighted by Gasteiger charge is 2.56. The molecule has 8 heteroatoms. The minimum absolute atomic E-state index is 0.147. The number of imide groups is 1. The average Bonchev–Trinajstić information content (AvgIpc) is 3.11. The maximum atomic E-state index is 13.0. The van der Waals surface area contributed by atoms with Gasteiger partial charge in [-0.15, -0.1) is 0 Å². The quantitative estimate of drug-likeness (QED) is 0.186. The van der Waals surface area contributed by atoms with E-state index in [-0.39, 0.29) is 35.5 Å². The van der Waals surface area contributed by atoms with Crippen LogP contribution in [-0.2, 0) is 16.2 Å².